The Morgan fingerprint density at radius 2 is 1.10 bits per heavy atom. The third kappa shape index (κ3) is 5.31. The van der Waals surface area contributed by atoms with Crippen LogP contribution in [0, 0.1) is 0 Å². The van der Waals surface area contributed by atoms with Crippen LogP contribution in [0.15, 0.2) is 84.9 Å². The summed E-state index contributed by atoms with van der Waals surface area (Å²) < 4.78 is 0. The van der Waals surface area contributed by atoms with E-state index in [2.05, 4.69) is 0 Å². The highest BCUT2D eigenvalue weighted by Crippen LogP contribution is 2.20. The van der Waals surface area contributed by atoms with E-state index in [-0.39, 0.29) is 19.0 Å². The average molecular weight is 404 g/mol. The zero-order valence-corrected chi connectivity index (χ0v) is 16.4. The van der Waals surface area contributed by atoms with Gasteiger partial charge in [-0.05, 0) is 35.4 Å². The molecule has 0 spiro atoms. The van der Waals surface area contributed by atoms with E-state index in [1.807, 2.05) is 36.4 Å². The van der Waals surface area contributed by atoms with E-state index in [1.54, 1.807) is 24.3 Å². The molecular formula is C24H24N2O4. The first-order valence-corrected chi connectivity index (χ1v) is 9.61. The van der Waals surface area contributed by atoms with Crippen molar-refractivity contribution in [2.45, 2.75) is 12.2 Å². The van der Waals surface area contributed by atoms with Crippen LogP contribution in [0.3, 0.4) is 0 Å². The SMILES string of the molecule is NC(=O)c1ccc(C(=O)N(CC(O)c2ccccc2)CC(O)c2ccccc2)cc1. The van der Waals surface area contributed by atoms with Crippen molar-refractivity contribution in [3.8, 4) is 0 Å². The van der Waals surface area contributed by atoms with Gasteiger partial charge in [0.15, 0.2) is 0 Å². The van der Waals surface area contributed by atoms with Crippen LogP contribution in [-0.2, 0) is 0 Å². The van der Waals surface area contributed by atoms with Gasteiger partial charge in [0.25, 0.3) is 5.91 Å². The number of primary amides is 1. The van der Waals surface area contributed by atoms with Gasteiger partial charge >= 0.3 is 0 Å². The van der Waals surface area contributed by atoms with E-state index in [0.29, 0.717) is 22.3 Å². The van der Waals surface area contributed by atoms with Gasteiger partial charge in [0, 0.05) is 11.1 Å². The molecule has 2 amide bonds. The van der Waals surface area contributed by atoms with Gasteiger partial charge in [-0.3, -0.25) is 9.59 Å². The van der Waals surface area contributed by atoms with E-state index in [4.69, 9.17) is 5.73 Å². The second kappa shape index (κ2) is 9.82. The third-order valence-corrected chi connectivity index (χ3v) is 4.86. The molecule has 4 N–H and O–H groups in total. The highest BCUT2D eigenvalue weighted by Gasteiger charge is 2.23. The van der Waals surface area contributed by atoms with Gasteiger partial charge in [-0.15, -0.1) is 0 Å². The first kappa shape index (κ1) is 21.2. The molecule has 30 heavy (non-hydrogen) atoms. The number of amides is 2. The number of carbonyl (C=O) groups excluding carboxylic acids is 2. The Morgan fingerprint density at radius 3 is 1.50 bits per heavy atom. The van der Waals surface area contributed by atoms with Crippen molar-refractivity contribution in [2.75, 3.05) is 13.1 Å². The summed E-state index contributed by atoms with van der Waals surface area (Å²) in [6.07, 6.45) is -1.83. The van der Waals surface area contributed by atoms with Crippen molar-refractivity contribution in [3.63, 3.8) is 0 Å². The third-order valence-electron chi connectivity index (χ3n) is 4.86. The molecule has 0 aromatic heterocycles. The number of benzene rings is 3. The maximum absolute atomic E-state index is 13.1. The molecule has 3 aromatic carbocycles. The molecule has 0 heterocycles. The molecule has 6 heteroatoms. The lowest BCUT2D eigenvalue weighted by Crippen LogP contribution is -2.38. The normalized spacial score (nSPS) is 12.7. The Kier molecular flexibility index (Phi) is 6.95. The number of hydrogen-bond donors (Lipinski definition) is 3. The summed E-state index contributed by atoms with van der Waals surface area (Å²) in [5.74, 6) is -0.944. The lowest BCUT2D eigenvalue weighted by atomic mass is 10.1. The first-order valence-electron chi connectivity index (χ1n) is 9.61. The zero-order valence-electron chi connectivity index (χ0n) is 16.4. The summed E-state index contributed by atoms with van der Waals surface area (Å²) >= 11 is 0. The van der Waals surface area contributed by atoms with Crippen molar-refractivity contribution in [3.05, 3.63) is 107 Å². The van der Waals surface area contributed by atoms with Crippen LogP contribution < -0.4 is 5.73 Å². The van der Waals surface area contributed by atoms with Gasteiger partial charge in [-0.1, -0.05) is 60.7 Å². The molecule has 0 bridgehead atoms. The Morgan fingerprint density at radius 1 is 0.700 bits per heavy atom. The molecule has 0 radical (unpaired) electrons. The van der Waals surface area contributed by atoms with Gasteiger partial charge in [0.2, 0.25) is 5.91 Å². The van der Waals surface area contributed by atoms with Crippen molar-refractivity contribution in [1.29, 1.82) is 0 Å². The molecule has 2 atom stereocenters. The second-order valence-corrected chi connectivity index (χ2v) is 7.00. The van der Waals surface area contributed by atoms with E-state index >= 15 is 0 Å². The number of hydrogen-bond acceptors (Lipinski definition) is 4. The van der Waals surface area contributed by atoms with Crippen molar-refractivity contribution in [2.24, 2.45) is 5.73 Å². The van der Waals surface area contributed by atoms with Gasteiger partial charge < -0.3 is 20.8 Å². The molecule has 3 aromatic rings. The Balaban J connectivity index is 1.83. The Bertz CT molecular complexity index is 928. The van der Waals surface area contributed by atoms with Gasteiger partial charge in [0.05, 0.1) is 25.3 Å². The number of carbonyl (C=O) groups is 2. The standard InChI is InChI=1S/C24H24N2O4/c25-23(29)19-11-13-20(14-12-19)24(30)26(15-21(27)17-7-3-1-4-8-17)16-22(28)18-9-5-2-6-10-18/h1-14,21-22,27-28H,15-16H2,(H2,25,29). The molecule has 2 unspecified atom stereocenters. The van der Waals surface area contributed by atoms with Crippen LogP contribution >= 0.6 is 0 Å². The monoisotopic (exact) mass is 404 g/mol. The molecule has 0 aliphatic heterocycles. The van der Waals surface area contributed by atoms with Crippen LogP contribution in [0.25, 0.3) is 0 Å². The fraction of sp³-hybridized carbons (Fsp3) is 0.167. The lowest BCUT2D eigenvalue weighted by molar-refractivity contribution is 0.0460. The quantitative estimate of drug-likeness (QED) is 0.537. The number of rotatable bonds is 8. The van der Waals surface area contributed by atoms with Crippen molar-refractivity contribution in [1.82, 2.24) is 4.90 Å². The predicted octanol–water partition coefficient (Wildman–Crippen LogP) is 2.69. The largest absolute Gasteiger partial charge is 0.387 e. The minimum Gasteiger partial charge on any atom is -0.387 e. The van der Waals surface area contributed by atoms with Gasteiger partial charge in [-0.2, -0.15) is 0 Å². The highest BCUT2D eigenvalue weighted by atomic mass is 16.3. The fourth-order valence-corrected chi connectivity index (χ4v) is 3.18. The summed E-state index contributed by atoms with van der Waals surface area (Å²) in [6.45, 7) is 0.00855. The topological polar surface area (TPSA) is 104 Å². The molecule has 0 aliphatic rings. The summed E-state index contributed by atoms with van der Waals surface area (Å²) in [4.78, 5) is 25.8. The molecule has 0 fully saturated rings. The lowest BCUT2D eigenvalue weighted by Gasteiger charge is -2.28. The molecule has 0 saturated carbocycles. The molecular weight excluding hydrogens is 380 g/mol. The first-order chi connectivity index (χ1) is 14.5. The summed E-state index contributed by atoms with van der Waals surface area (Å²) in [5, 5.41) is 21.3. The Hall–Kier alpha value is -3.48. The van der Waals surface area contributed by atoms with Crippen LogP contribution in [0.1, 0.15) is 44.1 Å². The summed E-state index contributed by atoms with van der Waals surface area (Å²) in [5.41, 5.74) is 7.24. The summed E-state index contributed by atoms with van der Waals surface area (Å²) in [6, 6.07) is 24.0. The fourth-order valence-electron chi connectivity index (χ4n) is 3.18. The van der Waals surface area contributed by atoms with Gasteiger partial charge in [-0.25, -0.2) is 0 Å². The van der Waals surface area contributed by atoms with Crippen molar-refractivity contribution >= 4 is 11.8 Å². The maximum atomic E-state index is 13.1. The average Bonchev–Trinajstić information content (AvgIpc) is 2.79. The highest BCUT2D eigenvalue weighted by molar-refractivity contribution is 5.97. The van der Waals surface area contributed by atoms with Crippen molar-refractivity contribution < 1.29 is 19.8 Å². The van der Waals surface area contributed by atoms with Crippen LogP contribution in [0.4, 0.5) is 0 Å². The molecule has 0 saturated heterocycles. The van der Waals surface area contributed by atoms with Crippen LogP contribution in [0.5, 0.6) is 0 Å². The number of nitrogens with two attached hydrogens (primary N) is 1. The minimum absolute atomic E-state index is 0.00428. The number of aliphatic hydroxyl groups excluding tert-OH is 2. The Labute approximate surface area is 175 Å². The predicted molar refractivity (Wildman–Crippen MR) is 114 cm³/mol. The second-order valence-electron chi connectivity index (χ2n) is 7.00. The van der Waals surface area contributed by atoms with E-state index in [1.165, 1.54) is 29.2 Å². The number of nitrogens with zero attached hydrogens (tertiary/aromatic N) is 1. The maximum Gasteiger partial charge on any atom is 0.254 e. The smallest absolute Gasteiger partial charge is 0.254 e. The minimum atomic E-state index is -0.914. The van der Waals surface area contributed by atoms with Crippen LogP contribution in [-0.4, -0.2) is 40.0 Å². The molecule has 3 rings (SSSR count). The van der Waals surface area contributed by atoms with E-state index < -0.39 is 18.1 Å². The molecule has 6 nitrogen and oxygen atoms in total. The van der Waals surface area contributed by atoms with Crippen LogP contribution in [0.2, 0.25) is 0 Å². The zero-order chi connectivity index (χ0) is 21.5. The molecule has 154 valence electrons. The van der Waals surface area contributed by atoms with E-state index in [0.717, 1.165) is 0 Å². The molecule has 0 aliphatic carbocycles. The summed E-state index contributed by atoms with van der Waals surface area (Å²) in [7, 11) is 0. The number of aliphatic hydroxyl groups is 2. The van der Waals surface area contributed by atoms with E-state index in [9.17, 15) is 19.8 Å². The van der Waals surface area contributed by atoms with Gasteiger partial charge in [0.1, 0.15) is 0 Å².